The van der Waals surface area contributed by atoms with Gasteiger partial charge in [-0.3, -0.25) is 9.59 Å². The van der Waals surface area contributed by atoms with Gasteiger partial charge in [0.05, 0.1) is 0 Å². The first-order valence-electron chi connectivity index (χ1n) is 7.87. The molecule has 1 saturated carbocycles. The molecule has 1 aromatic carbocycles. The monoisotopic (exact) mass is 320 g/mol. The fraction of sp³-hybridized carbons (Fsp3) is 0.529. The quantitative estimate of drug-likeness (QED) is 0.840. The van der Waals surface area contributed by atoms with E-state index in [1.54, 1.807) is 9.80 Å². The molecule has 0 unspecified atom stereocenters. The van der Waals surface area contributed by atoms with E-state index in [9.17, 15) is 9.59 Å². The molecule has 0 bridgehead atoms. The second-order valence-electron chi connectivity index (χ2n) is 6.26. The van der Waals surface area contributed by atoms with Crippen LogP contribution >= 0.6 is 11.6 Å². The van der Waals surface area contributed by atoms with Crippen LogP contribution in [0.3, 0.4) is 0 Å². The van der Waals surface area contributed by atoms with Gasteiger partial charge in [-0.15, -0.1) is 0 Å². The van der Waals surface area contributed by atoms with E-state index in [0.717, 1.165) is 30.5 Å². The summed E-state index contributed by atoms with van der Waals surface area (Å²) in [5.41, 5.74) is 1.80. The van der Waals surface area contributed by atoms with Crippen LogP contribution < -0.4 is 4.90 Å². The first-order valence-corrected chi connectivity index (χ1v) is 8.25. The first kappa shape index (κ1) is 15.3. The van der Waals surface area contributed by atoms with Crippen molar-refractivity contribution in [1.82, 2.24) is 4.90 Å². The van der Waals surface area contributed by atoms with Gasteiger partial charge in [-0.25, -0.2) is 0 Å². The van der Waals surface area contributed by atoms with E-state index in [-0.39, 0.29) is 17.7 Å². The largest absolute Gasteiger partial charge is 0.329 e. The standard InChI is InChI=1S/C17H21ClN2O2/c1-11-6-7-14(10-15(11)18)20-9-8-19(12(2)16(20)21)17(22)13-4-3-5-13/h6-7,10,12-13H,3-5,8-9H2,1-2H3/t12-/m1/s1. The molecule has 1 atom stereocenters. The van der Waals surface area contributed by atoms with Gasteiger partial charge < -0.3 is 9.80 Å². The Morgan fingerprint density at radius 2 is 2.00 bits per heavy atom. The lowest BCUT2D eigenvalue weighted by atomic mass is 9.84. The molecule has 118 valence electrons. The molecule has 0 N–H and O–H groups in total. The van der Waals surface area contributed by atoms with Crippen LogP contribution in [0.4, 0.5) is 5.69 Å². The fourth-order valence-electron chi connectivity index (χ4n) is 3.07. The molecule has 0 spiro atoms. The SMILES string of the molecule is Cc1ccc(N2CCN(C(=O)C3CCC3)[C@H](C)C2=O)cc1Cl. The van der Waals surface area contributed by atoms with Gasteiger partial charge in [0.1, 0.15) is 6.04 Å². The minimum atomic E-state index is -0.401. The third-order valence-corrected chi connectivity index (χ3v) is 5.27. The number of halogens is 1. The van der Waals surface area contributed by atoms with Crippen molar-refractivity contribution in [3.8, 4) is 0 Å². The number of nitrogens with zero attached hydrogens (tertiary/aromatic N) is 2. The third kappa shape index (κ3) is 2.60. The Hall–Kier alpha value is -1.55. The summed E-state index contributed by atoms with van der Waals surface area (Å²) in [6.45, 7) is 4.88. The summed E-state index contributed by atoms with van der Waals surface area (Å²) in [7, 11) is 0. The summed E-state index contributed by atoms with van der Waals surface area (Å²) in [5.74, 6) is 0.253. The second-order valence-corrected chi connectivity index (χ2v) is 6.67. The molecule has 0 radical (unpaired) electrons. The average molecular weight is 321 g/mol. The van der Waals surface area contributed by atoms with E-state index in [4.69, 9.17) is 11.6 Å². The van der Waals surface area contributed by atoms with Gasteiger partial charge in [-0.05, 0) is 44.4 Å². The third-order valence-electron chi connectivity index (χ3n) is 4.86. The summed E-state index contributed by atoms with van der Waals surface area (Å²) in [6.07, 6.45) is 3.06. The number of aryl methyl sites for hydroxylation is 1. The van der Waals surface area contributed by atoms with Gasteiger partial charge in [0.25, 0.3) is 0 Å². The summed E-state index contributed by atoms with van der Waals surface area (Å²) >= 11 is 6.16. The van der Waals surface area contributed by atoms with Crippen LogP contribution in [0.15, 0.2) is 18.2 Å². The van der Waals surface area contributed by atoms with Crippen LogP contribution in [0, 0.1) is 12.8 Å². The van der Waals surface area contributed by atoms with Crippen molar-refractivity contribution in [3.63, 3.8) is 0 Å². The summed E-state index contributed by atoms with van der Waals surface area (Å²) < 4.78 is 0. The molecule has 1 heterocycles. The van der Waals surface area contributed by atoms with Crippen LogP contribution in [0.5, 0.6) is 0 Å². The molecule has 2 fully saturated rings. The van der Waals surface area contributed by atoms with E-state index in [1.807, 2.05) is 32.0 Å². The molecule has 0 aromatic heterocycles. The van der Waals surface area contributed by atoms with Crippen LogP contribution in [0.2, 0.25) is 5.02 Å². The molecule has 1 aliphatic carbocycles. The lowest BCUT2D eigenvalue weighted by Gasteiger charge is -2.41. The Kier molecular flexibility index (Phi) is 4.13. The minimum Gasteiger partial charge on any atom is -0.329 e. The molecule has 1 saturated heterocycles. The van der Waals surface area contributed by atoms with Crippen molar-refractivity contribution < 1.29 is 9.59 Å². The van der Waals surface area contributed by atoms with Crippen LogP contribution in [-0.4, -0.2) is 35.8 Å². The van der Waals surface area contributed by atoms with E-state index >= 15 is 0 Å². The molecule has 3 rings (SSSR count). The average Bonchev–Trinajstić information content (AvgIpc) is 2.43. The van der Waals surface area contributed by atoms with E-state index in [0.29, 0.717) is 18.1 Å². The van der Waals surface area contributed by atoms with Crippen molar-refractivity contribution in [2.45, 2.75) is 39.2 Å². The Balaban J connectivity index is 1.76. The smallest absolute Gasteiger partial charge is 0.249 e. The van der Waals surface area contributed by atoms with Crippen LogP contribution in [0.1, 0.15) is 31.7 Å². The van der Waals surface area contributed by atoms with Crippen LogP contribution in [0.25, 0.3) is 0 Å². The maximum atomic E-state index is 12.7. The Morgan fingerprint density at radius 3 is 2.59 bits per heavy atom. The maximum absolute atomic E-state index is 12.7. The van der Waals surface area contributed by atoms with Gasteiger partial charge >= 0.3 is 0 Å². The number of benzene rings is 1. The van der Waals surface area contributed by atoms with Gasteiger partial charge in [-0.2, -0.15) is 0 Å². The molecule has 2 amide bonds. The van der Waals surface area contributed by atoms with Crippen LogP contribution in [-0.2, 0) is 9.59 Å². The zero-order valence-corrected chi connectivity index (χ0v) is 13.8. The van der Waals surface area contributed by atoms with Gasteiger partial charge in [-0.1, -0.05) is 24.1 Å². The number of hydrogen-bond acceptors (Lipinski definition) is 2. The Morgan fingerprint density at radius 1 is 1.27 bits per heavy atom. The highest BCUT2D eigenvalue weighted by atomic mass is 35.5. The minimum absolute atomic E-state index is 0.0288. The van der Waals surface area contributed by atoms with Crippen molar-refractivity contribution in [1.29, 1.82) is 0 Å². The molecular weight excluding hydrogens is 300 g/mol. The van der Waals surface area contributed by atoms with Gasteiger partial charge in [0, 0.05) is 29.7 Å². The van der Waals surface area contributed by atoms with Crippen molar-refractivity contribution in [2.75, 3.05) is 18.0 Å². The number of anilines is 1. The topological polar surface area (TPSA) is 40.6 Å². The van der Waals surface area contributed by atoms with Crippen molar-refractivity contribution in [3.05, 3.63) is 28.8 Å². The zero-order chi connectivity index (χ0) is 15.9. The molecule has 2 aliphatic rings. The first-order chi connectivity index (χ1) is 10.5. The number of carbonyl (C=O) groups is 2. The lowest BCUT2D eigenvalue weighted by Crippen LogP contribution is -2.59. The number of hydrogen-bond donors (Lipinski definition) is 0. The van der Waals surface area contributed by atoms with E-state index in [2.05, 4.69) is 0 Å². The highest BCUT2D eigenvalue weighted by molar-refractivity contribution is 6.31. The lowest BCUT2D eigenvalue weighted by molar-refractivity contribution is -0.146. The summed E-state index contributed by atoms with van der Waals surface area (Å²) in [6, 6.07) is 5.25. The number of carbonyl (C=O) groups excluding carboxylic acids is 2. The molecule has 1 aliphatic heterocycles. The fourth-order valence-corrected chi connectivity index (χ4v) is 3.24. The number of rotatable bonds is 2. The summed E-state index contributed by atoms with van der Waals surface area (Å²) in [4.78, 5) is 28.6. The zero-order valence-electron chi connectivity index (χ0n) is 13.0. The van der Waals surface area contributed by atoms with Gasteiger partial charge in [0.15, 0.2) is 0 Å². The second kappa shape index (κ2) is 5.92. The normalized spacial score (nSPS) is 22.7. The molecule has 5 heteroatoms. The molecule has 1 aromatic rings. The predicted molar refractivity (Wildman–Crippen MR) is 87.1 cm³/mol. The number of amides is 2. The Labute approximate surface area is 136 Å². The molecule has 22 heavy (non-hydrogen) atoms. The summed E-state index contributed by atoms with van der Waals surface area (Å²) in [5, 5.41) is 0.658. The molecule has 4 nitrogen and oxygen atoms in total. The highest BCUT2D eigenvalue weighted by Gasteiger charge is 2.38. The highest BCUT2D eigenvalue weighted by Crippen LogP contribution is 2.31. The maximum Gasteiger partial charge on any atom is 0.249 e. The van der Waals surface area contributed by atoms with E-state index < -0.39 is 6.04 Å². The number of piperazine rings is 1. The predicted octanol–water partition coefficient (Wildman–Crippen LogP) is 3.01. The van der Waals surface area contributed by atoms with E-state index in [1.165, 1.54) is 0 Å². The van der Waals surface area contributed by atoms with Gasteiger partial charge in [0.2, 0.25) is 11.8 Å². The Bertz CT molecular complexity index is 613. The van der Waals surface area contributed by atoms with Crippen molar-refractivity contribution >= 4 is 29.1 Å². The van der Waals surface area contributed by atoms with Crippen molar-refractivity contribution in [2.24, 2.45) is 5.92 Å². The molecular formula is C17H21ClN2O2.